The number of carbonyl (C=O) groups is 3. The van der Waals surface area contributed by atoms with Crippen molar-refractivity contribution in [3.63, 3.8) is 0 Å². The molecule has 1 heterocycles. The van der Waals surface area contributed by atoms with Crippen molar-refractivity contribution in [2.24, 2.45) is 0 Å². The normalized spacial score (nSPS) is 22.4. The van der Waals surface area contributed by atoms with Crippen LogP contribution in [0.4, 0.5) is 0 Å². The Kier molecular flexibility index (Phi) is 9.88. The predicted octanol–water partition coefficient (Wildman–Crippen LogP) is 4.16. The largest absolute Gasteiger partial charge is 0.456 e. The van der Waals surface area contributed by atoms with Crippen LogP contribution in [0.25, 0.3) is 0 Å². The highest BCUT2D eigenvalue weighted by Crippen LogP contribution is 2.41. The smallest absolute Gasteiger partial charge is 0.303 e. The van der Waals surface area contributed by atoms with Crippen molar-refractivity contribution in [1.82, 2.24) is 0 Å². The van der Waals surface area contributed by atoms with Crippen molar-refractivity contribution in [3.8, 4) is 0 Å². The molecule has 0 unspecified atom stereocenters. The molecule has 0 amide bonds. The summed E-state index contributed by atoms with van der Waals surface area (Å²) in [5, 5.41) is 0. The van der Waals surface area contributed by atoms with Crippen LogP contribution in [0.3, 0.4) is 0 Å². The van der Waals surface area contributed by atoms with Gasteiger partial charge in [0.25, 0.3) is 0 Å². The van der Waals surface area contributed by atoms with E-state index in [-0.39, 0.29) is 6.61 Å². The highest BCUT2D eigenvalue weighted by Gasteiger charge is 2.53. The third kappa shape index (κ3) is 6.82. The summed E-state index contributed by atoms with van der Waals surface area (Å²) in [5.41, 5.74) is 1.47. The molecule has 0 spiro atoms. The Morgan fingerprint density at radius 3 is 1.41 bits per heavy atom. The van der Waals surface area contributed by atoms with Gasteiger partial charge in [0, 0.05) is 27.9 Å². The van der Waals surface area contributed by atoms with E-state index in [1.54, 1.807) is 0 Å². The highest BCUT2D eigenvalue weighted by atomic mass is 16.7. The Bertz CT molecular complexity index is 1200. The van der Waals surface area contributed by atoms with Crippen LogP contribution in [0.1, 0.15) is 37.5 Å². The van der Waals surface area contributed by atoms with E-state index < -0.39 is 54.2 Å². The summed E-state index contributed by atoms with van der Waals surface area (Å²) < 4.78 is 35.2. The molecular formula is C32H34O9. The molecule has 5 atom stereocenters. The molecule has 9 nitrogen and oxygen atoms in total. The Balaban J connectivity index is 1.80. The molecule has 1 fully saturated rings. The van der Waals surface area contributed by atoms with Gasteiger partial charge >= 0.3 is 17.9 Å². The summed E-state index contributed by atoms with van der Waals surface area (Å²) in [7, 11) is 1.37. The van der Waals surface area contributed by atoms with E-state index in [4.69, 9.17) is 28.4 Å². The lowest BCUT2D eigenvalue weighted by atomic mass is 9.80. The molecule has 1 saturated heterocycles. The van der Waals surface area contributed by atoms with Crippen LogP contribution < -0.4 is 0 Å². The quantitative estimate of drug-likeness (QED) is 0.205. The predicted molar refractivity (Wildman–Crippen MR) is 147 cm³/mol. The fourth-order valence-electron chi connectivity index (χ4n) is 5.15. The standard InChI is InChI=1S/C32H34O9/c1-21(33)38-28-27(41-31(36-4)30(40-23(3)35)29(28)39-22(2)34)20-37-32(24-14-8-5-9-15-24,25-16-10-6-11-17-25)26-18-12-7-13-19-26/h5-19,27-31H,20H2,1-4H3/t27-,28-,29-,30+,31+/m1/s1. The second-order valence-electron chi connectivity index (χ2n) is 9.59. The second-order valence-corrected chi connectivity index (χ2v) is 9.59. The summed E-state index contributed by atoms with van der Waals surface area (Å²) in [5.74, 6) is -1.95. The molecule has 0 radical (unpaired) electrons. The third-order valence-electron chi connectivity index (χ3n) is 6.73. The van der Waals surface area contributed by atoms with Gasteiger partial charge in [0.1, 0.15) is 11.7 Å². The minimum absolute atomic E-state index is 0.124. The number of carbonyl (C=O) groups excluding carboxylic acids is 3. The zero-order chi connectivity index (χ0) is 29.4. The van der Waals surface area contributed by atoms with Crippen LogP contribution in [0.15, 0.2) is 91.0 Å². The second kappa shape index (κ2) is 13.5. The van der Waals surface area contributed by atoms with E-state index in [1.165, 1.54) is 27.9 Å². The SMILES string of the molecule is CO[C@H]1O[C@H](COC(c2ccccc2)(c2ccccc2)c2ccccc2)[C@@H](OC(C)=O)[C@@H](OC(C)=O)[C@@H]1OC(C)=O. The molecule has 3 aromatic rings. The Labute approximate surface area is 239 Å². The van der Waals surface area contributed by atoms with Gasteiger partial charge in [-0.3, -0.25) is 14.4 Å². The van der Waals surface area contributed by atoms with Gasteiger partial charge in [-0.15, -0.1) is 0 Å². The highest BCUT2D eigenvalue weighted by molar-refractivity contribution is 5.68. The number of benzene rings is 3. The summed E-state index contributed by atoms with van der Waals surface area (Å²) in [6.45, 7) is 3.53. The number of ether oxygens (including phenoxy) is 6. The maximum atomic E-state index is 12.2. The Morgan fingerprint density at radius 1 is 0.634 bits per heavy atom. The van der Waals surface area contributed by atoms with Crippen LogP contribution >= 0.6 is 0 Å². The Hall–Kier alpha value is -4.05. The van der Waals surface area contributed by atoms with Gasteiger partial charge in [-0.05, 0) is 16.7 Å². The van der Waals surface area contributed by atoms with Gasteiger partial charge in [0.05, 0.1) is 6.61 Å². The van der Waals surface area contributed by atoms with Crippen molar-refractivity contribution in [2.75, 3.05) is 13.7 Å². The maximum Gasteiger partial charge on any atom is 0.303 e. The van der Waals surface area contributed by atoms with Crippen molar-refractivity contribution in [1.29, 1.82) is 0 Å². The van der Waals surface area contributed by atoms with Crippen LogP contribution in [0, 0.1) is 0 Å². The van der Waals surface area contributed by atoms with Gasteiger partial charge in [0.15, 0.2) is 24.6 Å². The number of esters is 3. The number of methoxy groups -OCH3 is 1. The van der Waals surface area contributed by atoms with Crippen LogP contribution in [0.5, 0.6) is 0 Å². The molecule has 216 valence electrons. The monoisotopic (exact) mass is 562 g/mol. The van der Waals surface area contributed by atoms with Gasteiger partial charge in [-0.1, -0.05) is 91.0 Å². The molecule has 0 bridgehead atoms. The van der Waals surface area contributed by atoms with E-state index in [0.717, 1.165) is 16.7 Å². The maximum absolute atomic E-state index is 12.2. The lowest BCUT2D eigenvalue weighted by Gasteiger charge is -2.45. The average Bonchev–Trinajstić information content (AvgIpc) is 2.97. The van der Waals surface area contributed by atoms with E-state index in [1.807, 2.05) is 91.0 Å². The fraction of sp³-hybridized carbons (Fsp3) is 0.344. The molecule has 4 rings (SSSR count). The first-order valence-electron chi connectivity index (χ1n) is 13.3. The Morgan fingerprint density at radius 2 is 1.02 bits per heavy atom. The lowest BCUT2D eigenvalue weighted by Crippen LogP contribution is -2.63. The van der Waals surface area contributed by atoms with E-state index in [0.29, 0.717) is 0 Å². The average molecular weight is 563 g/mol. The van der Waals surface area contributed by atoms with Crippen molar-refractivity contribution in [2.45, 2.75) is 57.1 Å². The molecule has 9 heteroatoms. The summed E-state index contributed by atoms with van der Waals surface area (Å²) in [6, 6.07) is 29.2. The first-order valence-corrected chi connectivity index (χ1v) is 13.3. The minimum Gasteiger partial charge on any atom is -0.456 e. The first-order chi connectivity index (χ1) is 19.8. The molecule has 1 aliphatic rings. The van der Waals surface area contributed by atoms with Gasteiger partial charge in [0.2, 0.25) is 0 Å². The van der Waals surface area contributed by atoms with Crippen LogP contribution in [-0.2, 0) is 48.4 Å². The molecule has 0 aliphatic carbocycles. The first kappa shape index (κ1) is 29.9. The van der Waals surface area contributed by atoms with Crippen molar-refractivity contribution >= 4 is 17.9 Å². The summed E-state index contributed by atoms with van der Waals surface area (Å²) in [4.78, 5) is 36.3. The summed E-state index contributed by atoms with van der Waals surface area (Å²) >= 11 is 0. The molecule has 0 saturated carbocycles. The summed E-state index contributed by atoms with van der Waals surface area (Å²) in [6.07, 6.45) is -5.69. The molecule has 41 heavy (non-hydrogen) atoms. The number of hydrogen-bond donors (Lipinski definition) is 0. The molecule has 0 N–H and O–H groups in total. The van der Waals surface area contributed by atoms with Crippen LogP contribution in [-0.4, -0.2) is 62.3 Å². The van der Waals surface area contributed by atoms with Gasteiger partial charge in [-0.2, -0.15) is 0 Å². The lowest BCUT2D eigenvalue weighted by molar-refractivity contribution is -0.306. The molecule has 3 aromatic carbocycles. The minimum atomic E-state index is -1.22. The topological polar surface area (TPSA) is 107 Å². The number of hydrogen-bond acceptors (Lipinski definition) is 9. The van der Waals surface area contributed by atoms with Crippen LogP contribution in [0.2, 0.25) is 0 Å². The van der Waals surface area contributed by atoms with Gasteiger partial charge < -0.3 is 28.4 Å². The van der Waals surface area contributed by atoms with E-state index in [9.17, 15) is 14.4 Å². The fourth-order valence-corrected chi connectivity index (χ4v) is 5.15. The zero-order valence-corrected chi connectivity index (χ0v) is 23.4. The van der Waals surface area contributed by atoms with E-state index >= 15 is 0 Å². The van der Waals surface area contributed by atoms with E-state index in [2.05, 4.69) is 0 Å². The molecule has 1 aliphatic heterocycles. The molecule has 0 aromatic heterocycles. The zero-order valence-electron chi connectivity index (χ0n) is 23.4. The van der Waals surface area contributed by atoms with Gasteiger partial charge in [-0.25, -0.2) is 0 Å². The third-order valence-corrected chi connectivity index (χ3v) is 6.73. The molecular weight excluding hydrogens is 528 g/mol. The van der Waals surface area contributed by atoms with Crippen molar-refractivity contribution in [3.05, 3.63) is 108 Å². The number of rotatable bonds is 10. The van der Waals surface area contributed by atoms with Crippen molar-refractivity contribution < 1.29 is 42.8 Å².